The van der Waals surface area contributed by atoms with Crippen molar-refractivity contribution in [2.45, 2.75) is 97.6 Å². The topological polar surface area (TPSA) is 135 Å². The van der Waals surface area contributed by atoms with Gasteiger partial charge in [0.1, 0.15) is 23.2 Å². The molecule has 13 heteroatoms. The first-order chi connectivity index (χ1) is 21.5. The largest absolute Gasteiger partial charge is 0.444 e. The number of amides is 4. The zero-order valence-electron chi connectivity index (χ0n) is 27.1. The molecule has 1 saturated carbocycles. The summed E-state index contributed by atoms with van der Waals surface area (Å²) in [6.45, 7) is 12.6. The molecular formula is C33H40F2N6O5. The minimum Gasteiger partial charge on any atom is -0.444 e. The first-order valence-electron chi connectivity index (χ1n) is 15.3. The maximum absolute atomic E-state index is 16.6. The lowest BCUT2D eigenvalue weighted by Crippen LogP contribution is -2.46. The van der Waals surface area contributed by atoms with E-state index in [4.69, 9.17) is 9.47 Å². The van der Waals surface area contributed by atoms with Crippen LogP contribution in [0.2, 0.25) is 0 Å². The molecule has 1 aromatic carbocycles. The van der Waals surface area contributed by atoms with Crippen molar-refractivity contribution in [1.29, 1.82) is 0 Å². The van der Waals surface area contributed by atoms with Crippen LogP contribution in [-0.2, 0) is 15.9 Å². The number of urea groups is 1. The van der Waals surface area contributed by atoms with E-state index in [-0.39, 0.29) is 41.3 Å². The van der Waals surface area contributed by atoms with Crippen molar-refractivity contribution in [2.75, 3.05) is 22.1 Å². The van der Waals surface area contributed by atoms with Gasteiger partial charge in [-0.05, 0) is 97.2 Å². The molecule has 3 N–H and O–H groups in total. The lowest BCUT2D eigenvalue weighted by molar-refractivity contribution is 0.0575. The van der Waals surface area contributed by atoms with Crippen LogP contribution in [0, 0.1) is 12.7 Å². The average Bonchev–Trinajstić information content (AvgIpc) is 2.92. The van der Waals surface area contributed by atoms with Gasteiger partial charge in [0.2, 0.25) is 0 Å². The number of fused-ring (bicyclic) bond motifs is 2. The highest BCUT2D eigenvalue weighted by Gasteiger charge is 2.32. The molecule has 1 aliphatic heterocycles. The molecule has 46 heavy (non-hydrogen) atoms. The van der Waals surface area contributed by atoms with Crippen molar-refractivity contribution in [1.82, 2.24) is 15.3 Å². The van der Waals surface area contributed by atoms with Crippen molar-refractivity contribution >= 4 is 46.2 Å². The van der Waals surface area contributed by atoms with Gasteiger partial charge in [-0.15, -0.1) is 0 Å². The molecule has 2 aliphatic rings. The Morgan fingerprint density at radius 1 is 0.957 bits per heavy atom. The first kappa shape index (κ1) is 32.8. The van der Waals surface area contributed by atoms with Crippen LogP contribution in [-0.4, -0.2) is 58.1 Å². The molecule has 0 unspecified atom stereocenters. The molecule has 3 heterocycles. The predicted octanol–water partition coefficient (Wildman–Crippen LogP) is 7.40. The number of alkyl halides is 1. The molecule has 0 atom stereocenters. The van der Waals surface area contributed by atoms with Crippen LogP contribution in [0.3, 0.4) is 0 Å². The van der Waals surface area contributed by atoms with Crippen LogP contribution in [0.25, 0.3) is 21.9 Å². The van der Waals surface area contributed by atoms with Gasteiger partial charge in [0.25, 0.3) is 0 Å². The Morgan fingerprint density at radius 3 is 2.30 bits per heavy atom. The highest BCUT2D eigenvalue weighted by molar-refractivity contribution is 6.05. The summed E-state index contributed by atoms with van der Waals surface area (Å²) in [6, 6.07) is 2.31. The van der Waals surface area contributed by atoms with E-state index < -0.39 is 41.4 Å². The third-order valence-electron chi connectivity index (χ3n) is 7.60. The first-order valence-corrected chi connectivity index (χ1v) is 15.3. The number of ether oxygens (including phenoxy) is 2. The van der Waals surface area contributed by atoms with E-state index in [9.17, 15) is 18.8 Å². The molecule has 3 aromatic rings. The number of hydrogen-bond acceptors (Lipinski definition) is 7. The number of carbonyl (C=O) groups excluding carboxylic acids is 3. The summed E-state index contributed by atoms with van der Waals surface area (Å²) >= 11 is 0. The Hall–Kier alpha value is -4.55. The summed E-state index contributed by atoms with van der Waals surface area (Å²) < 4.78 is 40.8. The molecule has 5 rings (SSSR count). The van der Waals surface area contributed by atoms with Crippen LogP contribution >= 0.6 is 0 Å². The second-order valence-corrected chi connectivity index (χ2v) is 13.7. The number of halogens is 2. The van der Waals surface area contributed by atoms with E-state index in [1.165, 1.54) is 11.1 Å². The quantitative estimate of drug-likeness (QED) is 0.271. The van der Waals surface area contributed by atoms with E-state index in [0.717, 1.165) is 0 Å². The summed E-state index contributed by atoms with van der Waals surface area (Å²) in [6.07, 6.45) is 2.41. The molecule has 2 aromatic heterocycles. The second kappa shape index (κ2) is 12.3. The molecule has 0 radical (unpaired) electrons. The van der Waals surface area contributed by atoms with Gasteiger partial charge in [-0.2, -0.15) is 0 Å². The number of aryl methyl sites for hydroxylation is 1. The maximum Gasteiger partial charge on any atom is 0.414 e. The van der Waals surface area contributed by atoms with E-state index in [0.29, 0.717) is 47.3 Å². The van der Waals surface area contributed by atoms with E-state index in [1.54, 1.807) is 66.8 Å². The van der Waals surface area contributed by atoms with Crippen LogP contribution in [0.5, 0.6) is 0 Å². The van der Waals surface area contributed by atoms with E-state index in [2.05, 4.69) is 25.9 Å². The van der Waals surface area contributed by atoms with Gasteiger partial charge in [-0.3, -0.25) is 20.5 Å². The highest BCUT2D eigenvalue weighted by Crippen LogP contribution is 2.41. The Labute approximate surface area is 266 Å². The van der Waals surface area contributed by atoms with Gasteiger partial charge in [-0.25, -0.2) is 28.1 Å². The summed E-state index contributed by atoms with van der Waals surface area (Å²) in [7, 11) is 0. The van der Waals surface area contributed by atoms with Crippen molar-refractivity contribution in [2.24, 2.45) is 0 Å². The zero-order valence-corrected chi connectivity index (χ0v) is 27.1. The van der Waals surface area contributed by atoms with Gasteiger partial charge in [0, 0.05) is 41.5 Å². The molecule has 1 aliphatic carbocycles. The van der Waals surface area contributed by atoms with Crippen LogP contribution < -0.4 is 20.9 Å². The molecule has 0 spiro atoms. The summed E-state index contributed by atoms with van der Waals surface area (Å²) in [5.74, 6) is -0.591. The standard InChI is InChI=1S/C33H40F2N6O5/c1-17-22(15-36-24-9-8-10-41(28(17)24)31(44)46-33(5,6)7)21-11-18-12-25(39-29(42)38-20-13-19(34)14-20)37-16-23(18)27(26(21)35)40-30(43)45-32(2,3)4/h11-12,15-16,19-20H,8-10,13-14H2,1-7H3,(H,40,43)(H2,37,38,39,42)/t19-,20-. The molecule has 246 valence electrons. The maximum atomic E-state index is 16.6. The number of anilines is 3. The number of pyridine rings is 2. The van der Waals surface area contributed by atoms with Crippen molar-refractivity contribution < 1.29 is 32.6 Å². The monoisotopic (exact) mass is 638 g/mol. The molecular weight excluding hydrogens is 598 g/mol. The van der Waals surface area contributed by atoms with Gasteiger partial charge in [0.05, 0.1) is 17.1 Å². The van der Waals surface area contributed by atoms with Gasteiger partial charge in [-0.1, -0.05) is 0 Å². The predicted molar refractivity (Wildman–Crippen MR) is 171 cm³/mol. The number of carbonyl (C=O) groups is 3. The number of aromatic nitrogens is 2. The minimum atomic E-state index is -0.925. The summed E-state index contributed by atoms with van der Waals surface area (Å²) in [4.78, 5) is 49.0. The Balaban J connectivity index is 1.59. The van der Waals surface area contributed by atoms with Gasteiger partial charge < -0.3 is 14.8 Å². The van der Waals surface area contributed by atoms with Crippen molar-refractivity contribution in [3.63, 3.8) is 0 Å². The lowest BCUT2D eigenvalue weighted by Gasteiger charge is -2.33. The fourth-order valence-electron chi connectivity index (χ4n) is 5.54. The Bertz CT molecular complexity index is 1690. The number of hydrogen-bond donors (Lipinski definition) is 3. The Kier molecular flexibility index (Phi) is 8.80. The fraction of sp³-hybridized carbons (Fsp3) is 0.485. The van der Waals surface area contributed by atoms with Gasteiger partial charge in [0.15, 0.2) is 5.82 Å². The van der Waals surface area contributed by atoms with Crippen molar-refractivity contribution in [3.05, 3.63) is 41.6 Å². The number of nitrogens with zero attached hydrogens (tertiary/aromatic N) is 3. The fourth-order valence-corrected chi connectivity index (χ4v) is 5.54. The van der Waals surface area contributed by atoms with Crippen LogP contribution in [0.15, 0.2) is 24.5 Å². The highest BCUT2D eigenvalue weighted by atomic mass is 19.1. The Morgan fingerprint density at radius 2 is 1.65 bits per heavy atom. The molecule has 1 fully saturated rings. The summed E-state index contributed by atoms with van der Waals surface area (Å²) in [5, 5.41) is 8.59. The van der Waals surface area contributed by atoms with Crippen LogP contribution in [0.1, 0.15) is 72.1 Å². The molecule has 11 nitrogen and oxygen atoms in total. The SMILES string of the molecule is Cc1c(-c2cc3cc(NC(=O)N[C@H]4C[C@H](F)C4)ncc3c(NC(=O)OC(C)(C)C)c2F)cnc2c1N(C(=O)OC(C)(C)C)CCC2. The second-order valence-electron chi connectivity index (χ2n) is 13.7. The van der Waals surface area contributed by atoms with Crippen LogP contribution in [0.4, 0.5) is 40.4 Å². The minimum absolute atomic E-state index is 0.103. The third-order valence-corrected chi connectivity index (χ3v) is 7.60. The zero-order chi connectivity index (χ0) is 33.6. The molecule has 0 saturated heterocycles. The number of benzene rings is 1. The third kappa shape index (κ3) is 7.29. The lowest BCUT2D eigenvalue weighted by atomic mass is 9.91. The number of rotatable bonds is 4. The van der Waals surface area contributed by atoms with E-state index in [1.807, 2.05) is 0 Å². The molecule has 4 amide bonds. The van der Waals surface area contributed by atoms with Gasteiger partial charge >= 0.3 is 18.2 Å². The number of nitrogens with one attached hydrogen (secondary N) is 3. The summed E-state index contributed by atoms with van der Waals surface area (Å²) in [5.41, 5.74) is 0.624. The molecule has 0 bridgehead atoms. The smallest absolute Gasteiger partial charge is 0.414 e. The van der Waals surface area contributed by atoms with E-state index >= 15 is 4.39 Å². The average molecular weight is 639 g/mol. The van der Waals surface area contributed by atoms with Crippen molar-refractivity contribution in [3.8, 4) is 11.1 Å². The normalized spacial score (nSPS) is 17.9.